The van der Waals surface area contributed by atoms with Crippen LogP contribution < -0.4 is 5.32 Å². The van der Waals surface area contributed by atoms with Crippen molar-refractivity contribution >= 4 is 0 Å². The summed E-state index contributed by atoms with van der Waals surface area (Å²) in [6.45, 7) is 2.30. The van der Waals surface area contributed by atoms with Crippen LogP contribution in [0.3, 0.4) is 0 Å². The molecule has 2 nitrogen and oxygen atoms in total. The van der Waals surface area contributed by atoms with Crippen molar-refractivity contribution in [3.8, 4) is 0 Å². The van der Waals surface area contributed by atoms with Gasteiger partial charge in [-0.3, -0.25) is 0 Å². The number of hydrogen-bond acceptors (Lipinski definition) is 2. The summed E-state index contributed by atoms with van der Waals surface area (Å²) in [6.07, 6.45) is 14.4. The molecule has 2 aliphatic carbocycles. The Morgan fingerprint density at radius 2 is 1.82 bits per heavy atom. The van der Waals surface area contributed by atoms with E-state index in [2.05, 4.69) is 5.32 Å². The molecule has 1 saturated heterocycles. The van der Waals surface area contributed by atoms with Crippen LogP contribution in [0.4, 0.5) is 0 Å². The van der Waals surface area contributed by atoms with Gasteiger partial charge >= 0.3 is 0 Å². The van der Waals surface area contributed by atoms with Crippen molar-refractivity contribution in [1.29, 1.82) is 0 Å². The largest absolute Gasteiger partial charge is 0.370 e. The molecular formula is C15H27NO. The van der Waals surface area contributed by atoms with Crippen molar-refractivity contribution in [1.82, 2.24) is 5.32 Å². The third-order valence-electron chi connectivity index (χ3n) is 5.18. The third kappa shape index (κ3) is 2.85. The molecule has 1 spiro atoms. The number of rotatable bonds is 5. The SMILES string of the molecule is C1CC(CCNCC2CCC3(CCCC3)O2)C1. The van der Waals surface area contributed by atoms with E-state index in [1.54, 1.807) is 0 Å². The van der Waals surface area contributed by atoms with Gasteiger partial charge in [-0.05, 0) is 44.6 Å². The fourth-order valence-electron chi connectivity index (χ4n) is 3.78. The topological polar surface area (TPSA) is 21.3 Å². The van der Waals surface area contributed by atoms with Crippen LogP contribution in [-0.2, 0) is 4.74 Å². The maximum atomic E-state index is 6.29. The zero-order valence-corrected chi connectivity index (χ0v) is 11.0. The Balaban J connectivity index is 1.30. The van der Waals surface area contributed by atoms with E-state index in [1.165, 1.54) is 70.8 Å². The molecule has 0 amide bonds. The maximum Gasteiger partial charge on any atom is 0.0708 e. The first-order chi connectivity index (χ1) is 8.36. The van der Waals surface area contributed by atoms with Gasteiger partial charge in [-0.2, -0.15) is 0 Å². The molecule has 2 saturated carbocycles. The summed E-state index contributed by atoms with van der Waals surface area (Å²) in [4.78, 5) is 0. The molecule has 1 heterocycles. The second-order valence-electron chi connectivity index (χ2n) is 6.46. The van der Waals surface area contributed by atoms with Crippen molar-refractivity contribution in [2.24, 2.45) is 5.92 Å². The number of ether oxygens (including phenoxy) is 1. The van der Waals surface area contributed by atoms with E-state index >= 15 is 0 Å². The molecule has 3 rings (SSSR count). The van der Waals surface area contributed by atoms with E-state index in [0.717, 1.165) is 12.5 Å². The van der Waals surface area contributed by atoms with Crippen LogP contribution >= 0.6 is 0 Å². The fourth-order valence-corrected chi connectivity index (χ4v) is 3.78. The molecule has 17 heavy (non-hydrogen) atoms. The van der Waals surface area contributed by atoms with E-state index in [1.807, 2.05) is 0 Å². The molecule has 3 aliphatic rings. The van der Waals surface area contributed by atoms with E-state index in [4.69, 9.17) is 4.74 Å². The lowest BCUT2D eigenvalue weighted by Gasteiger charge is -2.26. The molecule has 1 aliphatic heterocycles. The standard InChI is InChI=1S/C15H27NO/c1-2-9-15(8-1)10-6-14(17-15)12-16-11-7-13-4-3-5-13/h13-14,16H,1-12H2. The smallest absolute Gasteiger partial charge is 0.0708 e. The summed E-state index contributed by atoms with van der Waals surface area (Å²) in [6, 6.07) is 0. The van der Waals surface area contributed by atoms with Crippen LogP contribution in [0.5, 0.6) is 0 Å². The molecule has 0 bridgehead atoms. The first kappa shape index (κ1) is 12.0. The normalized spacial score (nSPS) is 32.1. The highest BCUT2D eigenvalue weighted by Crippen LogP contribution is 2.43. The minimum atomic E-state index is 0.320. The van der Waals surface area contributed by atoms with Crippen molar-refractivity contribution in [2.75, 3.05) is 13.1 Å². The molecule has 0 radical (unpaired) electrons. The van der Waals surface area contributed by atoms with E-state index in [-0.39, 0.29) is 0 Å². The van der Waals surface area contributed by atoms with Crippen molar-refractivity contribution in [3.05, 3.63) is 0 Å². The van der Waals surface area contributed by atoms with Gasteiger partial charge in [0.15, 0.2) is 0 Å². The summed E-state index contributed by atoms with van der Waals surface area (Å²) >= 11 is 0. The fraction of sp³-hybridized carbons (Fsp3) is 1.00. The van der Waals surface area contributed by atoms with Crippen LogP contribution in [0, 0.1) is 5.92 Å². The zero-order chi connectivity index (χ0) is 11.6. The van der Waals surface area contributed by atoms with Gasteiger partial charge in [0.1, 0.15) is 0 Å². The van der Waals surface area contributed by atoms with Crippen LogP contribution in [0.2, 0.25) is 0 Å². The van der Waals surface area contributed by atoms with Gasteiger partial charge in [0.2, 0.25) is 0 Å². The summed E-state index contributed by atoms with van der Waals surface area (Å²) < 4.78 is 6.29. The third-order valence-corrected chi connectivity index (χ3v) is 5.18. The number of hydrogen-bond donors (Lipinski definition) is 1. The lowest BCUT2D eigenvalue weighted by atomic mass is 9.83. The Bertz CT molecular complexity index is 243. The summed E-state index contributed by atoms with van der Waals surface area (Å²) in [5.74, 6) is 1.04. The van der Waals surface area contributed by atoms with Gasteiger partial charge < -0.3 is 10.1 Å². The monoisotopic (exact) mass is 237 g/mol. The first-order valence-corrected chi connectivity index (χ1v) is 7.75. The minimum absolute atomic E-state index is 0.320. The second-order valence-corrected chi connectivity index (χ2v) is 6.46. The summed E-state index contributed by atoms with van der Waals surface area (Å²) in [7, 11) is 0. The van der Waals surface area contributed by atoms with Gasteiger partial charge in [-0.25, -0.2) is 0 Å². The van der Waals surface area contributed by atoms with Gasteiger partial charge in [0.25, 0.3) is 0 Å². The Labute approximate surface area is 105 Å². The molecule has 0 aromatic rings. The van der Waals surface area contributed by atoms with Crippen LogP contribution in [0.25, 0.3) is 0 Å². The Kier molecular flexibility index (Phi) is 3.72. The van der Waals surface area contributed by atoms with Crippen LogP contribution in [-0.4, -0.2) is 24.8 Å². The Morgan fingerprint density at radius 3 is 2.53 bits per heavy atom. The second kappa shape index (κ2) is 5.27. The first-order valence-electron chi connectivity index (χ1n) is 7.75. The summed E-state index contributed by atoms with van der Waals surface area (Å²) in [5, 5.41) is 3.61. The van der Waals surface area contributed by atoms with Gasteiger partial charge in [-0.1, -0.05) is 32.1 Å². The van der Waals surface area contributed by atoms with Gasteiger partial charge in [0, 0.05) is 6.54 Å². The predicted molar refractivity (Wildman–Crippen MR) is 70.1 cm³/mol. The zero-order valence-electron chi connectivity index (χ0n) is 11.0. The van der Waals surface area contributed by atoms with Crippen molar-refractivity contribution < 1.29 is 4.74 Å². The minimum Gasteiger partial charge on any atom is -0.370 e. The molecule has 1 N–H and O–H groups in total. The lowest BCUT2D eigenvalue weighted by molar-refractivity contribution is -0.0351. The predicted octanol–water partition coefficient (Wildman–Crippen LogP) is 3.26. The average Bonchev–Trinajstić information content (AvgIpc) is 2.87. The molecule has 2 heteroatoms. The highest BCUT2D eigenvalue weighted by molar-refractivity contribution is 4.93. The van der Waals surface area contributed by atoms with Crippen molar-refractivity contribution in [3.63, 3.8) is 0 Å². The molecule has 98 valence electrons. The van der Waals surface area contributed by atoms with Crippen molar-refractivity contribution in [2.45, 2.75) is 75.9 Å². The van der Waals surface area contributed by atoms with Gasteiger partial charge in [0.05, 0.1) is 11.7 Å². The highest BCUT2D eigenvalue weighted by Gasteiger charge is 2.41. The Hall–Kier alpha value is -0.0800. The average molecular weight is 237 g/mol. The quantitative estimate of drug-likeness (QED) is 0.741. The molecule has 3 fully saturated rings. The molecule has 0 aromatic heterocycles. The van der Waals surface area contributed by atoms with Gasteiger partial charge in [-0.15, -0.1) is 0 Å². The summed E-state index contributed by atoms with van der Waals surface area (Å²) in [5.41, 5.74) is 0.320. The molecular weight excluding hydrogens is 210 g/mol. The lowest BCUT2D eigenvalue weighted by Crippen LogP contribution is -2.32. The van der Waals surface area contributed by atoms with Crippen LogP contribution in [0.15, 0.2) is 0 Å². The molecule has 1 unspecified atom stereocenters. The molecule has 0 aromatic carbocycles. The molecule has 1 atom stereocenters. The van der Waals surface area contributed by atoms with E-state index < -0.39 is 0 Å². The number of nitrogens with one attached hydrogen (secondary N) is 1. The Morgan fingerprint density at radius 1 is 1.00 bits per heavy atom. The van der Waals surface area contributed by atoms with E-state index in [0.29, 0.717) is 11.7 Å². The van der Waals surface area contributed by atoms with Crippen LogP contribution in [0.1, 0.15) is 64.2 Å². The van der Waals surface area contributed by atoms with E-state index in [9.17, 15) is 0 Å². The maximum absolute atomic E-state index is 6.29. The highest BCUT2D eigenvalue weighted by atomic mass is 16.5.